The van der Waals surface area contributed by atoms with Gasteiger partial charge in [-0.3, -0.25) is 4.74 Å². The van der Waals surface area contributed by atoms with Crippen LogP contribution in [-0.2, 0) is 4.74 Å². The quantitative estimate of drug-likeness (QED) is 0.503. The van der Waals surface area contributed by atoms with Crippen LogP contribution < -0.4 is 0 Å². The van der Waals surface area contributed by atoms with Gasteiger partial charge >= 0.3 is 6.36 Å². The predicted molar refractivity (Wildman–Crippen MR) is 17.7 cm³/mol. The highest BCUT2D eigenvalue weighted by Gasteiger charge is 2.27. The van der Waals surface area contributed by atoms with E-state index in [0.717, 1.165) is 0 Å². The third-order valence-electron chi connectivity index (χ3n) is 0.266. The minimum atomic E-state index is -4.57. The van der Waals surface area contributed by atoms with Gasteiger partial charge in [-0.05, 0) is 6.90 Å². The van der Waals surface area contributed by atoms with E-state index in [1.165, 1.54) is 0 Å². The third kappa shape index (κ3) is 5.75. The van der Waals surface area contributed by atoms with Gasteiger partial charge in [0.1, 0.15) is 0 Å². The maximum absolute atomic E-state index is 10.9. The Bertz CT molecular complexity index is 62.0. The monoisotopic (exact) mass is 115 g/mol. The smallest absolute Gasteiger partial charge is 0.292 e. The van der Waals surface area contributed by atoms with Crippen LogP contribution in [0.15, 0.2) is 0 Å². The van der Waals surface area contributed by atoms with Crippen molar-refractivity contribution in [2.45, 2.75) is 13.3 Å². The molecule has 0 amide bonds. The number of alkyl halides is 3. The van der Waals surface area contributed by atoms with Crippen molar-refractivity contribution in [3.63, 3.8) is 0 Å². The average molecular weight is 115 g/mol. The molecule has 0 bridgehead atoms. The molecule has 0 aromatic carbocycles. The summed E-state index contributed by atoms with van der Waals surface area (Å²) in [6.45, 7) is -0.941. The summed E-state index contributed by atoms with van der Waals surface area (Å²) in [4.78, 5) is 0. The van der Waals surface area contributed by atoms with E-state index in [2.05, 4.69) is 4.74 Å². The lowest BCUT2D eigenvalue weighted by Crippen LogP contribution is -2.12. The van der Waals surface area contributed by atoms with Crippen molar-refractivity contribution in [1.29, 1.82) is 0 Å². The molecular formula is C3H5F3O. The number of hydrogen-bond acceptors (Lipinski definition) is 1. The molecule has 0 N–H and O–H groups in total. The highest BCUT2D eigenvalue weighted by molar-refractivity contribution is 4.21. The Hall–Kier alpha value is -0.250. The fourth-order valence-electron chi connectivity index (χ4n) is 0.116. The Kier molecular flexibility index (Phi) is 1.51. The van der Waals surface area contributed by atoms with Gasteiger partial charge in [0.05, 0.1) is 6.61 Å². The molecule has 0 aliphatic heterocycles. The second-order valence-electron chi connectivity index (χ2n) is 0.794. The van der Waals surface area contributed by atoms with Gasteiger partial charge in [-0.2, -0.15) is 0 Å². The molecule has 0 spiro atoms. The van der Waals surface area contributed by atoms with E-state index in [9.17, 15) is 13.2 Å². The first-order chi connectivity index (χ1) is 3.56. The number of ether oxygens (including phenoxy) is 1. The first-order valence-corrected chi connectivity index (χ1v) is 1.56. The molecule has 0 heterocycles. The van der Waals surface area contributed by atoms with Gasteiger partial charge in [0, 0.05) is 1.37 Å². The molecule has 0 aliphatic rings. The Morgan fingerprint density at radius 2 is 2.29 bits per heavy atom. The second-order valence-corrected chi connectivity index (χ2v) is 0.794. The van der Waals surface area contributed by atoms with Gasteiger partial charge < -0.3 is 0 Å². The van der Waals surface area contributed by atoms with Crippen molar-refractivity contribution in [2.75, 3.05) is 6.61 Å². The van der Waals surface area contributed by atoms with Crippen LogP contribution in [0.2, 0.25) is 0 Å². The normalized spacial score (nSPS) is 13.9. The van der Waals surface area contributed by atoms with Crippen molar-refractivity contribution in [2.24, 2.45) is 0 Å². The van der Waals surface area contributed by atoms with E-state index < -0.39 is 13.0 Å². The van der Waals surface area contributed by atoms with Gasteiger partial charge in [0.15, 0.2) is 0 Å². The molecule has 0 rings (SSSR count). The van der Waals surface area contributed by atoms with Crippen LogP contribution in [-0.4, -0.2) is 13.0 Å². The molecule has 0 saturated heterocycles. The minimum absolute atomic E-state index is 0.362. The summed E-state index contributed by atoms with van der Waals surface area (Å²) in [5.74, 6) is 0. The molecule has 0 fully saturated rings. The summed E-state index contributed by atoms with van der Waals surface area (Å²) in [6, 6.07) is 0. The predicted octanol–water partition coefficient (Wildman–Crippen LogP) is 1.54. The largest absolute Gasteiger partial charge is 0.522 e. The lowest BCUT2D eigenvalue weighted by Gasteiger charge is -2.01. The Balaban J connectivity index is 3.11. The molecule has 0 unspecified atom stereocenters. The number of rotatable bonds is 1. The van der Waals surface area contributed by atoms with Crippen molar-refractivity contribution >= 4 is 0 Å². The molecule has 7 heavy (non-hydrogen) atoms. The second kappa shape index (κ2) is 2.16. The van der Waals surface area contributed by atoms with Crippen molar-refractivity contribution < 1.29 is 19.3 Å². The summed E-state index contributed by atoms with van der Waals surface area (Å²) in [5.41, 5.74) is 0. The lowest BCUT2D eigenvalue weighted by molar-refractivity contribution is -0.322. The van der Waals surface area contributed by atoms with Crippen molar-refractivity contribution in [3.05, 3.63) is 0 Å². The van der Waals surface area contributed by atoms with E-state index in [1.807, 2.05) is 0 Å². The fraction of sp³-hybridized carbons (Fsp3) is 1.00. The van der Waals surface area contributed by atoms with E-state index in [-0.39, 0.29) is 6.90 Å². The highest BCUT2D eigenvalue weighted by atomic mass is 19.4. The maximum Gasteiger partial charge on any atom is 0.522 e. The molecule has 0 saturated carbocycles. The molecule has 0 aromatic heterocycles. The zero-order chi connectivity index (χ0) is 6.62. The van der Waals surface area contributed by atoms with Gasteiger partial charge in [0.25, 0.3) is 0 Å². The van der Waals surface area contributed by atoms with E-state index in [1.54, 1.807) is 0 Å². The van der Waals surface area contributed by atoms with Gasteiger partial charge in [0.2, 0.25) is 0 Å². The highest BCUT2D eigenvalue weighted by Crippen LogP contribution is 2.14. The van der Waals surface area contributed by atoms with Crippen LogP contribution in [0, 0.1) is 0 Å². The average Bonchev–Trinajstić information content (AvgIpc) is 1.59. The molecule has 44 valence electrons. The molecule has 0 aromatic rings. The molecule has 0 radical (unpaired) electrons. The molecule has 4 heteroatoms. The van der Waals surface area contributed by atoms with Crippen molar-refractivity contribution in [3.8, 4) is 0 Å². The van der Waals surface area contributed by atoms with E-state index >= 15 is 0 Å². The Morgan fingerprint density at radius 3 is 2.43 bits per heavy atom. The van der Waals surface area contributed by atoms with E-state index in [4.69, 9.17) is 1.37 Å². The summed E-state index contributed by atoms with van der Waals surface area (Å²) >= 11 is 0. The van der Waals surface area contributed by atoms with Crippen LogP contribution in [0.1, 0.15) is 8.27 Å². The maximum atomic E-state index is 10.9. The van der Waals surface area contributed by atoms with Gasteiger partial charge in [-0.1, -0.05) is 0 Å². The topological polar surface area (TPSA) is 9.23 Å². The zero-order valence-electron chi connectivity index (χ0n) is 4.46. The van der Waals surface area contributed by atoms with Crippen LogP contribution in [0.25, 0.3) is 0 Å². The molecular weight excluding hydrogens is 109 g/mol. The Labute approximate surface area is 40.5 Å². The third-order valence-corrected chi connectivity index (χ3v) is 0.266. The minimum Gasteiger partial charge on any atom is -0.292 e. The standard InChI is InChI=1S/C3H5F3O/c1-2-7-3(4,5)6/h2H2,1H3/i1D. The van der Waals surface area contributed by atoms with Crippen molar-refractivity contribution in [1.82, 2.24) is 0 Å². The zero-order valence-corrected chi connectivity index (χ0v) is 3.46. The molecule has 1 nitrogen and oxygen atoms in total. The fourth-order valence-corrected chi connectivity index (χ4v) is 0.116. The van der Waals surface area contributed by atoms with E-state index in [0.29, 0.717) is 0 Å². The molecule has 0 aliphatic carbocycles. The SMILES string of the molecule is [2H]CCOC(F)(F)F. The summed E-state index contributed by atoms with van der Waals surface area (Å²) in [7, 11) is 0. The summed E-state index contributed by atoms with van der Waals surface area (Å²) in [6.07, 6.45) is -4.57. The van der Waals surface area contributed by atoms with Crippen LogP contribution in [0.4, 0.5) is 13.2 Å². The van der Waals surface area contributed by atoms with Crippen LogP contribution in [0.3, 0.4) is 0 Å². The number of halogens is 3. The molecule has 0 atom stereocenters. The van der Waals surface area contributed by atoms with Gasteiger partial charge in [-0.25, -0.2) is 0 Å². The summed E-state index contributed by atoms with van der Waals surface area (Å²) in [5, 5.41) is 0. The van der Waals surface area contributed by atoms with Crippen LogP contribution >= 0.6 is 0 Å². The first kappa shape index (κ1) is 4.90. The Morgan fingerprint density at radius 1 is 1.71 bits per heavy atom. The first-order valence-electron chi connectivity index (χ1n) is 2.27. The van der Waals surface area contributed by atoms with Crippen LogP contribution in [0.5, 0.6) is 0 Å². The van der Waals surface area contributed by atoms with Gasteiger partial charge in [-0.15, -0.1) is 13.2 Å². The number of hydrogen-bond donors (Lipinski definition) is 0. The lowest BCUT2D eigenvalue weighted by atomic mass is 10.9. The summed E-state index contributed by atoms with van der Waals surface area (Å²) < 4.78 is 42.3.